The first kappa shape index (κ1) is 11.4. The quantitative estimate of drug-likeness (QED) is 0.922. The molecule has 0 saturated heterocycles. The maximum Gasteiger partial charge on any atom is 0.0568 e. The molecule has 0 unspecified atom stereocenters. The lowest BCUT2D eigenvalue weighted by molar-refractivity contribution is 1.11. The van der Waals surface area contributed by atoms with E-state index in [0.717, 1.165) is 22.3 Å². The Morgan fingerprint density at radius 1 is 1.31 bits per heavy atom. The Hall–Kier alpha value is -1.06. The largest absolute Gasteiger partial charge is 0.381 e. The zero-order valence-electron chi connectivity index (χ0n) is 8.45. The van der Waals surface area contributed by atoms with Gasteiger partial charge in [-0.3, -0.25) is 4.98 Å². The molecule has 1 heterocycles. The average Bonchev–Trinajstić information content (AvgIpc) is 2.32. The van der Waals surface area contributed by atoms with Crippen LogP contribution >= 0.6 is 27.5 Å². The molecule has 2 nitrogen and oxygen atoms in total. The Morgan fingerprint density at radius 2 is 2.19 bits per heavy atom. The number of rotatable bonds is 3. The van der Waals surface area contributed by atoms with Gasteiger partial charge in [-0.2, -0.15) is 0 Å². The molecule has 0 radical (unpaired) electrons. The van der Waals surface area contributed by atoms with Gasteiger partial charge in [-0.05, 0) is 45.8 Å². The second-order valence-corrected chi connectivity index (χ2v) is 4.61. The molecule has 0 aliphatic rings. The summed E-state index contributed by atoms with van der Waals surface area (Å²) in [5.74, 6) is 0. The van der Waals surface area contributed by atoms with Crippen LogP contribution in [0.25, 0.3) is 0 Å². The molecule has 0 aliphatic carbocycles. The van der Waals surface area contributed by atoms with E-state index >= 15 is 0 Å². The molecule has 82 valence electrons. The predicted octanol–water partition coefficient (Wildman–Crippen LogP) is 4.11. The van der Waals surface area contributed by atoms with Crippen LogP contribution in [0.2, 0.25) is 5.02 Å². The third kappa shape index (κ3) is 2.97. The van der Waals surface area contributed by atoms with Crippen molar-refractivity contribution >= 4 is 33.2 Å². The Balaban J connectivity index is 2.03. The molecular formula is C12H10BrClN2. The van der Waals surface area contributed by atoms with E-state index in [0.29, 0.717) is 5.02 Å². The summed E-state index contributed by atoms with van der Waals surface area (Å²) in [6, 6.07) is 9.74. The SMILES string of the molecule is Clc1cc(NCc2cccnc2)ccc1Br. The molecule has 0 amide bonds. The molecule has 2 aromatic rings. The van der Waals surface area contributed by atoms with E-state index in [1.807, 2.05) is 36.5 Å². The van der Waals surface area contributed by atoms with Crippen LogP contribution in [0.4, 0.5) is 5.69 Å². The Bertz CT molecular complexity index is 474. The van der Waals surface area contributed by atoms with Crippen molar-refractivity contribution < 1.29 is 0 Å². The number of anilines is 1. The van der Waals surface area contributed by atoms with E-state index in [2.05, 4.69) is 26.2 Å². The van der Waals surface area contributed by atoms with Crippen molar-refractivity contribution in [3.63, 3.8) is 0 Å². The lowest BCUT2D eigenvalue weighted by Gasteiger charge is -2.07. The third-order valence-corrected chi connectivity index (χ3v) is 3.37. The van der Waals surface area contributed by atoms with Gasteiger partial charge < -0.3 is 5.32 Å². The minimum absolute atomic E-state index is 0.705. The summed E-state index contributed by atoms with van der Waals surface area (Å²) in [7, 11) is 0. The van der Waals surface area contributed by atoms with Crippen LogP contribution in [-0.4, -0.2) is 4.98 Å². The van der Waals surface area contributed by atoms with Crippen LogP contribution in [0.3, 0.4) is 0 Å². The van der Waals surface area contributed by atoms with Crippen molar-refractivity contribution in [2.45, 2.75) is 6.54 Å². The number of nitrogens with zero attached hydrogens (tertiary/aromatic N) is 1. The van der Waals surface area contributed by atoms with Crippen molar-refractivity contribution in [2.24, 2.45) is 0 Å². The highest BCUT2D eigenvalue weighted by molar-refractivity contribution is 9.10. The highest BCUT2D eigenvalue weighted by Gasteiger charge is 1.98. The fraction of sp³-hybridized carbons (Fsp3) is 0.0833. The van der Waals surface area contributed by atoms with E-state index in [4.69, 9.17) is 11.6 Å². The Morgan fingerprint density at radius 3 is 2.88 bits per heavy atom. The van der Waals surface area contributed by atoms with Crippen LogP contribution in [-0.2, 0) is 6.54 Å². The van der Waals surface area contributed by atoms with Crippen LogP contribution in [0, 0.1) is 0 Å². The lowest BCUT2D eigenvalue weighted by atomic mass is 10.2. The molecule has 0 bridgehead atoms. The monoisotopic (exact) mass is 296 g/mol. The minimum Gasteiger partial charge on any atom is -0.381 e. The van der Waals surface area contributed by atoms with E-state index in [9.17, 15) is 0 Å². The molecule has 1 aromatic carbocycles. The molecule has 1 aromatic heterocycles. The predicted molar refractivity (Wildman–Crippen MR) is 70.7 cm³/mol. The van der Waals surface area contributed by atoms with Gasteiger partial charge in [0, 0.05) is 29.1 Å². The molecule has 0 aliphatic heterocycles. The summed E-state index contributed by atoms with van der Waals surface area (Å²) < 4.78 is 0.904. The molecule has 0 fully saturated rings. The number of benzene rings is 1. The molecule has 1 N–H and O–H groups in total. The van der Waals surface area contributed by atoms with Crippen LogP contribution < -0.4 is 5.32 Å². The van der Waals surface area contributed by atoms with E-state index in [1.54, 1.807) is 6.20 Å². The number of aromatic nitrogens is 1. The summed E-state index contributed by atoms with van der Waals surface area (Å²) in [5, 5.41) is 3.99. The van der Waals surface area contributed by atoms with Gasteiger partial charge in [0.15, 0.2) is 0 Å². The smallest absolute Gasteiger partial charge is 0.0568 e. The first-order valence-electron chi connectivity index (χ1n) is 4.83. The van der Waals surface area contributed by atoms with Crippen molar-refractivity contribution in [2.75, 3.05) is 5.32 Å². The molecular weight excluding hydrogens is 288 g/mol. The van der Waals surface area contributed by atoms with Crippen molar-refractivity contribution in [3.05, 3.63) is 57.8 Å². The van der Waals surface area contributed by atoms with E-state index < -0.39 is 0 Å². The van der Waals surface area contributed by atoms with E-state index in [-0.39, 0.29) is 0 Å². The van der Waals surface area contributed by atoms with Gasteiger partial charge in [0.25, 0.3) is 0 Å². The maximum absolute atomic E-state index is 6.00. The van der Waals surface area contributed by atoms with Crippen molar-refractivity contribution in [1.82, 2.24) is 4.98 Å². The number of halogens is 2. The van der Waals surface area contributed by atoms with Gasteiger partial charge >= 0.3 is 0 Å². The molecule has 0 saturated carbocycles. The van der Waals surface area contributed by atoms with Crippen LogP contribution in [0.5, 0.6) is 0 Å². The minimum atomic E-state index is 0.705. The molecule has 0 atom stereocenters. The molecule has 4 heteroatoms. The van der Waals surface area contributed by atoms with Crippen molar-refractivity contribution in [3.8, 4) is 0 Å². The van der Waals surface area contributed by atoms with Gasteiger partial charge in [-0.1, -0.05) is 17.7 Å². The van der Waals surface area contributed by atoms with Crippen molar-refractivity contribution in [1.29, 1.82) is 0 Å². The van der Waals surface area contributed by atoms with Gasteiger partial charge in [-0.25, -0.2) is 0 Å². The fourth-order valence-corrected chi connectivity index (χ4v) is 1.74. The first-order chi connectivity index (χ1) is 7.75. The van der Waals surface area contributed by atoms with E-state index in [1.165, 1.54) is 0 Å². The van der Waals surface area contributed by atoms with Gasteiger partial charge in [0.2, 0.25) is 0 Å². The number of pyridine rings is 1. The molecule has 0 spiro atoms. The number of nitrogens with one attached hydrogen (secondary N) is 1. The summed E-state index contributed by atoms with van der Waals surface area (Å²) in [6.45, 7) is 0.742. The fourth-order valence-electron chi connectivity index (χ4n) is 1.31. The van der Waals surface area contributed by atoms with Crippen LogP contribution in [0.15, 0.2) is 47.2 Å². The standard InChI is InChI=1S/C12H10BrClN2/c13-11-4-3-10(6-12(11)14)16-8-9-2-1-5-15-7-9/h1-7,16H,8H2. The normalized spacial score (nSPS) is 10.1. The summed E-state index contributed by atoms with van der Waals surface area (Å²) in [4.78, 5) is 4.06. The number of hydrogen-bond acceptors (Lipinski definition) is 2. The molecule has 16 heavy (non-hydrogen) atoms. The second-order valence-electron chi connectivity index (χ2n) is 3.34. The zero-order valence-corrected chi connectivity index (χ0v) is 10.8. The highest BCUT2D eigenvalue weighted by atomic mass is 79.9. The highest BCUT2D eigenvalue weighted by Crippen LogP contribution is 2.25. The Labute approximate surface area is 108 Å². The summed E-state index contributed by atoms with van der Waals surface area (Å²) >= 11 is 9.35. The lowest BCUT2D eigenvalue weighted by Crippen LogP contribution is -1.99. The van der Waals surface area contributed by atoms with Crippen LogP contribution in [0.1, 0.15) is 5.56 Å². The summed E-state index contributed by atoms with van der Waals surface area (Å²) in [5.41, 5.74) is 2.14. The average molecular weight is 298 g/mol. The summed E-state index contributed by atoms with van der Waals surface area (Å²) in [6.07, 6.45) is 3.60. The topological polar surface area (TPSA) is 24.9 Å². The first-order valence-corrected chi connectivity index (χ1v) is 6.00. The molecule has 2 rings (SSSR count). The van der Waals surface area contributed by atoms with Gasteiger partial charge in [0.05, 0.1) is 5.02 Å². The zero-order chi connectivity index (χ0) is 11.4. The maximum atomic E-state index is 6.00. The Kier molecular flexibility index (Phi) is 3.80. The van der Waals surface area contributed by atoms with Gasteiger partial charge in [-0.15, -0.1) is 0 Å². The second kappa shape index (κ2) is 5.32. The third-order valence-electron chi connectivity index (χ3n) is 2.14. The number of hydrogen-bond donors (Lipinski definition) is 1. The van der Waals surface area contributed by atoms with Gasteiger partial charge in [0.1, 0.15) is 0 Å².